The second-order valence-electron chi connectivity index (χ2n) is 6.45. The maximum atomic E-state index is 12.7. The van der Waals surface area contributed by atoms with Crippen LogP contribution < -0.4 is 18.9 Å². The van der Waals surface area contributed by atoms with E-state index in [1.54, 1.807) is 13.2 Å². The molecule has 0 heterocycles. The third-order valence-corrected chi connectivity index (χ3v) is 5.64. The fraction of sp³-hybridized carbons (Fsp3) is 0.368. The molecule has 0 saturated carbocycles. The Hall–Kier alpha value is -2.25. The molecular weight excluding hydrogens is 354 g/mol. The second kappa shape index (κ2) is 7.97. The number of benzene rings is 2. The highest BCUT2D eigenvalue weighted by atomic mass is 32.2. The Morgan fingerprint density at radius 1 is 0.885 bits per heavy atom. The Morgan fingerprint density at radius 2 is 1.50 bits per heavy atom. The lowest BCUT2D eigenvalue weighted by molar-refractivity contribution is 0.354. The summed E-state index contributed by atoms with van der Waals surface area (Å²) in [5.74, 6) is 1.60. The van der Waals surface area contributed by atoms with E-state index in [1.165, 1.54) is 26.4 Å². The molecule has 0 aliphatic rings. The summed E-state index contributed by atoms with van der Waals surface area (Å²) in [5, 5.41) is 0. The third kappa shape index (κ3) is 4.47. The normalized spacial score (nSPS) is 11.9. The second-order valence-corrected chi connectivity index (χ2v) is 8.22. The van der Waals surface area contributed by atoms with Crippen molar-refractivity contribution in [1.29, 1.82) is 0 Å². The molecule has 0 aliphatic heterocycles. The summed E-state index contributed by atoms with van der Waals surface area (Å²) < 4.78 is 43.5. The van der Waals surface area contributed by atoms with Crippen LogP contribution in [0.15, 0.2) is 47.4 Å². The van der Waals surface area contributed by atoms with Gasteiger partial charge < -0.3 is 14.2 Å². The zero-order valence-corrected chi connectivity index (χ0v) is 16.5. The Bertz CT molecular complexity index is 845. The van der Waals surface area contributed by atoms with E-state index in [4.69, 9.17) is 14.2 Å². The Kier molecular flexibility index (Phi) is 6.15. The molecule has 0 bridgehead atoms. The van der Waals surface area contributed by atoms with Crippen molar-refractivity contribution < 1.29 is 22.6 Å². The van der Waals surface area contributed by atoms with Crippen molar-refractivity contribution in [2.24, 2.45) is 0 Å². The maximum absolute atomic E-state index is 12.7. The van der Waals surface area contributed by atoms with Crippen molar-refractivity contribution in [3.63, 3.8) is 0 Å². The van der Waals surface area contributed by atoms with Crippen molar-refractivity contribution in [3.05, 3.63) is 48.0 Å². The minimum absolute atomic E-state index is 0.126. The molecule has 0 amide bonds. The summed E-state index contributed by atoms with van der Waals surface area (Å²) in [7, 11) is 0.895. The summed E-state index contributed by atoms with van der Waals surface area (Å²) in [6.45, 7) is 4.20. The van der Waals surface area contributed by atoms with Gasteiger partial charge in [0, 0.05) is 18.0 Å². The lowest BCUT2D eigenvalue weighted by Gasteiger charge is -2.26. The fourth-order valence-electron chi connectivity index (χ4n) is 2.49. The number of hydrogen-bond acceptors (Lipinski definition) is 5. The van der Waals surface area contributed by atoms with Gasteiger partial charge in [-0.2, -0.15) is 0 Å². The predicted octanol–water partition coefficient (Wildman–Crippen LogP) is 2.97. The van der Waals surface area contributed by atoms with E-state index in [0.717, 1.165) is 11.3 Å². The standard InChI is InChI=1S/C19H25NO5S/c1-19(2,14-6-8-15(23-3)9-7-14)13-20-26(21,22)16-10-11-17(24-4)18(12-16)25-5/h6-12,20H,13H2,1-5H3. The average Bonchev–Trinajstić information content (AvgIpc) is 2.66. The minimum atomic E-state index is -3.68. The molecule has 0 fully saturated rings. The van der Waals surface area contributed by atoms with Crippen LogP contribution in [0.25, 0.3) is 0 Å². The van der Waals surface area contributed by atoms with E-state index in [9.17, 15) is 8.42 Å². The van der Waals surface area contributed by atoms with Crippen LogP contribution in [-0.4, -0.2) is 36.3 Å². The van der Waals surface area contributed by atoms with E-state index in [2.05, 4.69) is 4.72 Å². The third-order valence-electron chi connectivity index (χ3n) is 4.24. The van der Waals surface area contributed by atoms with Gasteiger partial charge in [-0.3, -0.25) is 0 Å². The molecule has 0 aliphatic carbocycles. The number of ether oxygens (including phenoxy) is 3. The largest absolute Gasteiger partial charge is 0.497 e. The van der Waals surface area contributed by atoms with Crippen LogP contribution in [0.4, 0.5) is 0 Å². The van der Waals surface area contributed by atoms with Crippen LogP contribution >= 0.6 is 0 Å². The molecule has 7 heteroatoms. The first-order valence-electron chi connectivity index (χ1n) is 8.10. The topological polar surface area (TPSA) is 73.9 Å². The highest BCUT2D eigenvalue weighted by Crippen LogP contribution is 2.30. The van der Waals surface area contributed by atoms with E-state index < -0.39 is 15.4 Å². The van der Waals surface area contributed by atoms with Gasteiger partial charge in [0.2, 0.25) is 10.0 Å². The Labute approximate surface area is 155 Å². The molecule has 0 atom stereocenters. The molecule has 1 N–H and O–H groups in total. The van der Waals surface area contributed by atoms with Crippen LogP contribution in [0.3, 0.4) is 0 Å². The molecule has 0 aromatic heterocycles. The lowest BCUT2D eigenvalue weighted by Crippen LogP contribution is -2.36. The van der Waals surface area contributed by atoms with Gasteiger partial charge in [0.05, 0.1) is 26.2 Å². The summed E-state index contributed by atoms with van der Waals surface area (Å²) in [4.78, 5) is 0.126. The Morgan fingerprint density at radius 3 is 2.04 bits per heavy atom. The molecule has 0 saturated heterocycles. The molecule has 2 rings (SSSR count). The molecular formula is C19H25NO5S. The maximum Gasteiger partial charge on any atom is 0.240 e. The van der Waals surface area contributed by atoms with Crippen LogP contribution in [0.1, 0.15) is 19.4 Å². The van der Waals surface area contributed by atoms with Crippen LogP contribution in [0.2, 0.25) is 0 Å². The van der Waals surface area contributed by atoms with Crippen molar-refractivity contribution in [3.8, 4) is 17.2 Å². The Balaban J connectivity index is 2.18. The summed E-state index contributed by atoms with van der Waals surface area (Å²) in [6, 6.07) is 12.1. The van der Waals surface area contributed by atoms with E-state index in [1.807, 2.05) is 38.1 Å². The van der Waals surface area contributed by atoms with Gasteiger partial charge >= 0.3 is 0 Å². The number of nitrogens with one attached hydrogen (secondary N) is 1. The van der Waals surface area contributed by atoms with Gasteiger partial charge in [-0.05, 0) is 29.8 Å². The highest BCUT2D eigenvalue weighted by Gasteiger charge is 2.25. The van der Waals surface area contributed by atoms with Gasteiger partial charge in [-0.1, -0.05) is 26.0 Å². The molecule has 0 unspecified atom stereocenters. The van der Waals surface area contributed by atoms with Crippen molar-refractivity contribution >= 4 is 10.0 Å². The zero-order chi connectivity index (χ0) is 19.4. The summed E-state index contributed by atoms with van der Waals surface area (Å²) in [5.41, 5.74) is 0.615. The minimum Gasteiger partial charge on any atom is -0.497 e. The van der Waals surface area contributed by atoms with Gasteiger partial charge in [-0.15, -0.1) is 0 Å². The first-order chi connectivity index (χ1) is 12.2. The molecule has 6 nitrogen and oxygen atoms in total. The first-order valence-corrected chi connectivity index (χ1v) is 9.58. The zero-order valence-electron chi connectivity index (χ0n) is 15.7. The van der Waals surface area contributed by atoms with Crippen molar-refractivity contribution in [2.75, 3.05) is 27.9 Å². The number of methoxy groups -OCH3 is 3. The van der Waals surface area contributed by atoms with E-state index in [-0.39, 0.29) is 11.4 Å². The number of hydrogen-bond donors (Lipinski definition) is 1. The molecule has 2 aromatic rings. The van der Waals surface area contributed by atoms with Crippen molar-refractivity contribution in [1.82, 2.24) is 4.72 Å². The highest BCUT2D eigenvalue weighted by molar-refractivity contribution is 7.89. The molecule has 142 valence electrons. The van der Waals surface area contributed by atoms with Crippen LogP contribution in [0, 0.1) is 0 Å². The van der Waals surface area contributed by atoms with Gasteiger partial charge in [0.15, 0.2) is 11.5 Å². The van der Waals surface area contributed by atoms with Gasteiger partial charge in [-0.25, -0.2) is 13.1 Å². The smallest absolute Gasteiger partial charge is 0.240 e. The quantitative estimate of drug-likeness (QED) is 0.763. The SMILES string of the molecule is COc1ccc(C(C)(C)CNS(=O)(=O)c2ccc(OC)c(OC)c2)cc1. The van der Waals surface area contributed by atoms with Gasteiger partial charge in [0.25, 0.3) is 0 Å². The van der Waals surface area contributed by atoms with E-state index >= 15 is 0 Å². The molecule has 0 spiro atoms. The van der Waals surface area contributed by atoms with Crippen LogP contribution in [0.5, 0.6) is 17.2 Å². The monoisotopic (exact) mass is 379 g/mol. The fourth-order valence-corrected chi connectivity index (χ4v) is 3.71. The molecule has 26 heavy (non-hydrogen) atoms. The summed E-state index contributed by atoms with van der Waals surface area (Å²) in [6.07, 6.45) is 0. The number of sulfonamides is 1. The first kappa shape index (κ1) is 20.1. The predicted molar refractivity (Wildman–Crippen MR) is 101 cm³/mol. The number of rotatable bonds is 8. The van der Waals surface area contributed by atoms with Crippen LogP contribution in [-0.2, 0) is 15.4 Å². The lowest BCUT2D eigenvalue weighted by atomic mass is 9.85. The molecule has 2 aromatic carbocycles. The van der Waals surface area contributed by atoms with Gasteiger partial charge in [0.1, 0.15) is 5.75 Å². The summed E-state index contributed by atoms with van der Waals surface area (Å²) >= 11 is 0. The van der Waals surface area contributed by atoms with E-state index in [0.29, 0.717) is 11.5 Å². The average molecular weight is 379 g/mol. The molecule has 0 radical (unpaired) electrons. The van der Waals surface area contributed by atoms with Crippen molar-refractivity contribution in [2.45, 2.75) is 24.2 Å².